The average Bonchev–Trinajstić information content (AvgIpc) is 2.82. The Bertz CT molecular complexity index is 372. The molecule has 3 heteroatoms. The summed E-state index contributed by atoms with van der Waals surface area (Å²) >= 11 is 3.54. The first-order valence-corrected chi connectivity index (χ1v) is 6.40. The van der Waals surface area contributed by atoms with Crippen LogP contribution in [0.4, 0.5) is 5.69 Å². The van der Waals surface area contributed by atoms with Crippen LogP contribution in [0.25, 0.3) is 0 Å². The summed E-state index contributed by atoms with van der Waals surface area (Å²) in [6, 6.07) is 7.38. The topological polar surface area (TPSA) is 15.3 Å². The summed E-state index contributed by atoms with van der Waals surface area (Å²) in [5.41, 5.74) is 2.95. The molecule has 0 aliphatic carbocycles. The van der Waals surface area contributed by atoms with E-state index in [4.69, 9.17) is 0 Å². The van der Waals surface area contributed by atoms with Gasteiger partial charge in [-0.25, -0.2) is 0 Å². The van der Waals surface area contributed by atoms with Crippen LogP contribution in [0.15, 0.2) is 22.7 Å². The lowest BCUT2D eigenvalue weighted by molar-refractivity contribution is 0.654. The van der Waals surface area contributed by atoms with Gasteiger partial charge in [-0.1, -0.05) is 15.9 Å². The number of nitrogens with zero attached hydrogens (tertiary/aromatic N) is 1. The Hall–Kier alpha value is -0.540. The van der Waals surface area contributed by atoms with E-state index in [9.17, 15) is 0 Å². The normalized spacial score (nSPS) is 24.6. The van der Waals surface area contributed by atoms with Crippen molar-refractivity contribution in [2.75, 3.05) is 24.5 Å². The molecule has 2 aliphatic rings. The van der Waals surface area contributed by atoms with Gasteiger partial charge >= 0.3 is 0 Å². The lowest BCUT2D eigenvalue weighted by Gasteiger charge is -2.26. The molecule has 15 heavy (non-hydrogen) atoms. The minimum Gasteiger partial charge on any atom is -0.367 e. The fraction of sp³-hybridized carbons (Fsp3) is 0.500. The van der Waals surface area contributed by atoms with Crippen molar-refractivity contribution in [1.82, 2.24) is 5.32 Å². The molecule has 0 aromatic heterocycles. The highest BCUT2D eigenvalue weighted by Crippen LogP contribution is 2.32. The standard InChI is InChI=1S/C12H15BrN2/c13-10-1-2-12-9(7-10)4-6-15(12)11-3-5-14-8-11/h1-2,7,11,14H,3-6,8H2. The Morgan fingerprint density at radius 3 is 3.13 bits per heavy atom. The van der Waals surface area contributed by atoms with Gasteiger partial charge in [-0.05, 0) is 43.1 Å². The average molecular weight is 267 g/mol. The zero-order valence-corrected chi connectivity index (χ0v) is 10.3. The van der Waals surface area contributed by atoms with E-state index in [1.807, 2.05) is 0 Å². The number of anilines is 1. The summed E-state index contributed by atoms with van der Waals surface area (Å²) in [4.78, 5) is 2.57. The number of fused-ring (bicyclic) bond motifs is 1. The van der Waals surface area contributed by atoms with Crippen molar-refractivity contribution in [3.63, 3.8) is 0 Å². The molecule has 1 fully saturated rings. The Morgan fingerprint density at radius 2 is 2.33 bits per heavy atom. The minimum atomic E-state index is 0.715. The molecular weight excluding hydrogens is 252 g/mol. The minimum absolute atomic E-state index is 0.715. The van der Waals surface area contributed by atoms with Crippen molar-refractivity contribution in [1.29, 1.82) is 0 Å². The molecule has 0 amide bonds. The third kappa shape index (κ3) is 1.68. The summed E-state index contributed by atoms with van der Waals surface area (Å²) in [6.07, 6.45) is 2.49. The Kier molecular flexibility index (Phi) is 2.45. The highest BCUT2D eigenvalue weighted by atomic mass is 79.9. The van der Waals surface area contributed by atoms with Crippen LogP contribution in [-0.4, -0.2) is 25.7 Å². The van der Waals surface area contributed by atoms with Gasteiger partial charge in [0.2, 0.25) is 0 Å². The molecule has 2 aliphatic heterocycles. The molecule has 1 unspecified atom stereocenters. The van der Waals surface area contributed by atoms with E-state index >= 15 is 0 Å². The molecule has 2 heterocycles. The summed E-state index contributed by atoms with van der Waals surface area (Å²) in [7, 11) is 0. The van der Waals surface area contributed by atoms with Crippen molar-refractivity contribution < 1.29 is 0 Å². The van der Waals surface area contributed by atoms with Gasteiger partial charge in [-0.2, -0.15) is 0 Å². The van der Waals surface area contributed by atoms with E-state index in [-0.39, 0.29) is 0 Å². The summed E-state index contributed by atoms with van der Waals surface area (Å²) < 4.78 is 1.20. The SMILES string of the molecule is Brc1ccc2c(c1)CCN2C1CCNC1. The predicted octanol–water partition coefficient (Wildman–Crippen LogP) is 2.17. The molecular formula is C12H15BrN2. The van der Waals surface area contributed by atoms with E-state index in [1.54, 1.807) is 0 Å². The monoisotopic (exact) mass is 266 g/mol. The van der Waals surface area contributed by atoms with Crippen LogP contribution in [0.5, 0.6) is 0 Å². The molecule has 2 nitrogen and oxygen atoms in total. The maximum Gasteiger partial charge on any atom is 0.0426 e. The van der Waals surface area contributed by atoms with Crippen LogP contribution in [0, 0.1) is 0 Å². The quantitative estimate of drug-likeness (QED) is 0.839. The maximum absolute atomic E-state index is 3.54. The van der Waals surface area contributed by atoms with Crippen molar-refractivity contribution >= 4 is 21.6 Å². The summed E-state index contributed by atoms with van der Waals surface area (Å²) in [5, 5.41) is 3.44. The van der Waals surface area contributed by atoms with Crippen LogP contribution in [0.2, 0.25) is 0 Å². The third-order valence-electron chi connectivity index (χ3n) is 3.45. The van der Waals surface area contributed by atoms with E-state index in [2.05, 4.69) is 44.3 Å². The van der Waals surface area contributed by atoms with Crippen molar-refractivity contribution in [3.05, 3.63) is 28.2 Å². The third-order valence-corrected chi connectivity index (χ3v) is 3.94. The molecule has 1 aromatic carbocycles. The lowest BCUT2D eigenvalue weighted by Crippen LogP contribution is -2.35. The first-order valence-electron chi connectivity index (χ1n) is 5.60. The zero-order chi connectivity index (χ0) is 10.3. The van der Waals surface area contributed by atoms with Crippen LogP contribution < -0.4 is 10.2 Å². The number of hydrogen-bond acceptors (Lipinski definition) is 2. The van der Waals surface area contributed by atoms with Crippen molar-refractivity contribution in [2.24, 2.45) is 0 Å². The molecule has 80 valence electrons. The largest absolute Gasteiger partial charge is 0.367 e. The molecule has 0 bridgehead atoms. The van der Waals surface area contributed by atoms with E-state index in [0.29, 0.717) is 6.04 Å². The summed E-state index contributed by atoms with van der Waals surface area (Å²) in [5.74, 6) is 0. The van der Waals surface area contributed by atoms with Gasteiger partial charge in [0, 0.05) is 29.3 Å². The van der Waals surface area contributed by atoms with E-state index in [1.165, 1.54) is 41.7 Å². The fourth-order valence-corrected chi connectivity index (χ4v) is 3.09. The number of benzene rings is 1. The maximum atomic E-state index is 3.54. The zero-order valence-electron chi connectivity index (χ0n) is 8.67. The second kappa shape index (κ2) is 3.80. The van der Waals surface area contributed by atoms with Gasteiger partial charge in [0.1, 0.15) is 0 Å². The number of rotatable bonds is 1. The predicted molar refractivity (Wildman–Crippen MR) is 66.5 cm³/mol. The van der Waals surface area contributed by atoms with Gasteiger partial charge in [0.15, 0.2) is 0 Å². The van der Waals surface area contributed by atoms with Gasteiger partial charge in [0.25, 0.3) is 0 Å². The second-order valence-electron chi connectivity index (χ2n) is 4.36. The molecule has 1 N–H and O–H groups in total. The van der Waals surface area contributed by atoms with Crippen LogP contribution in [0.1, 0.15) is 12.0 Å². The number of halogens is 1. The fourth-order valence-electron chi connectivity index (χ4n) is 2.68. The van der Waals surface area contributed by atoms with Gasteiger partial charge in [-0.15, -0.1) is 0 Å². The second-order valence-corrected chi connectivity index (χ2v) is 5.28. The Balaban J connectivity index is 1.90. The van der Waals surface area contributed by atoms with Crippen molar-refractivity contribution in [3.8, 4) is 0 Å². The number of hydrogen-bond donors (Lipinski definition) is 1. The Morgan fingerprint density at radius 1 is 1.40 bits per heavy atom. The van der Waals surface area contributed by atoms with E-state index in [0.717, 1.165) is 6.54 Å². The van der Waals surface area contributed by atoms with Crippen molar-refractivity contribution in [2.45, 2.75) is 18.9 Å². The van der Waals surface area contributed by atoms with Gasteiger partial charge in [0.05, 0.1) is 0 Å². The molecule has 0 spiro atoms. The lowest BCUT2D eigenvalue weighted by atomic mass is 10.1. The van der Waals surface area contributed by atoms with E-state index < -0.39 is 0 Å². The number of nitrogens with one attached hydrogen (secondary N) is 1. The molecule has 1 saturated heterocycles. The molecule has 1 atom stereocenters. The summed E-state index contributed by atoms with van der Waals surface area (Å²) in [6.45, 7) is 3.51. The smallest absolute Gasteiger partial charge is 0.0426 e. The highest BCUT2D eigenvalue weighted by molar-refractivity contribution is 9.10. The first kappa shape index (κ1) is 9.67. The molecule has 0 saturated carbocycles. The van der Waals surface area contributed by atoms with Gasteiger partial charge < -0.3 is 10.2 Å². The first-order chi connectivity index (χ1) is 7.34. The van der Waals surface area contributed by atoms with Crippen LogP contribution in [0.3, 0.4) is 0 Å². The molecule has 1 aromatic rings. The highest BCUT2D eigenvalue weighted by Gasteiger charge is 2.27. The Labute approximate surface area is 98.8 Å². The van der Waals surface area contributed by atoms with Crippen LogP contribution >= 0.6 is 15.9 Å². The molecule has 3 rings (SSSR count). The van der Waals surface area contributed by atoms with Gasteiger partial charge in [-0.3, -0.25) is 0 Å². The van der Waals surface area contributed by atoms with Crippen LogP contribution in [-0.2, 0) is 6.42 Å². The molecule has 0 radical (unpaired) electrons.